The number of hydrogen-bond acceptors (Lipinski definition) is 3. The van der Waals surface area contributed by atoms with Crippen molar-refractivity contribution in [3.63, 3.8) is 0 Å². The maximum absolute atomic E-state index is 12.8. The van der Waals surface area contributed by atoms with Crippen LogP contribution in [0.4, 0.5) is 10.5 Å². The van der Waals surface area contributed by atoms with Crippen LogP contribution in [-0.2, 0) is 6.54 Å². The molecule has 146 valence electrons. The van der Waals surface area contributed by atoms with Gasteiger partial charge in [0.05, 0.1) is 0 Å². The third-order valence-electron chi connectivity index (χ3n) is 5.46. The molecule has 1 saturated heterocycles. The second kappa shape index (κ2) is 7.62. The number of carbonyl (C=O) groups excluding carboxylic acids is 1. The van der Waals surface area contributed by atoms with E-state index in [-0.39, 0.29) is 11.9 Å². The quantitative estimate of drug-likeness (QED) is 0.729. The maximum atomic E-state index is 12.8. The van der Waals surface area contributed by atoms with Crippen LogP contribution in [-0.4, -0.2) is 38.6 Å². The molecule has 6 heteroatoms. The van der Waals surface area contributed by atoms with Crippen molar-refractivity contribution in [1.29, 1.82) is 0 Å². The third kappa shape index (κ3) is 3.46. The normalized spacial score (nSPS) is 16.7. The van der Waals surface area contributed by atoms with E-state index in [1.165, 1.54) is 0 Å². The molecule has 6 nitrogen and oxygen atoms in total. The molecule has 0 spiro atoms. The lowest BCUT2D eigenvalue weighted by Gasteiger charge is -2.19. The summed E-state index contributed by atoms with van der Waals surface area (Å²) >= 11 is 0. The summed E-state index contributed by atoms with van der Waals surface area (Å²) in [5.74, 6) is 1.29. The second-order valence-corrected chi connectivity index (χ2v) is 7.65. The Hall–Kier alpha value is -2.89. The van der Waals surface area contributed by atoms with Crippen molar-refractivity contribution in [2.24, 2.45) is 0 Å². The molecule has 3 heterocycles. The summed E-state index contributed by atoms with van der Waals surface area (Å²) < 4.78 is 2.23. The predicted molar refractivity (Wildman–Crippen MR) is 112 cm³/mol. The Balaban J connectivity index is 1.52. The number of hydrogen-bond donors (Lipinski definition) is 1. The van der Waals surface area contributed by atoms with Gasteiger partial charge in [0.2, 0.25) is 0 Å². The zero-order valence-electron chi connectivity index (χ0n) is 16.8. The van der Waals surface area contributed by atoms with Crippen LogP contribution in [0.2, 0.25) is 0 Å². The minimum atomic E-state index is -0.0347. The molecule has 1 aliphatic rings. The van der Waals surface area contributed by atoms with Gasteiger partial charge in [-0.2, -0.15) is 0 Å². The van der Waals surface area contributed by atoms with Crippen LogP contribution in [0.25, 0.3) is 11.2 Å². The van der Waals surface area contributed by atoms with Crippen molar-refractivity contribution in [3.05, 3.63) is 53.5 Å². The van der Waals surface area contributed by atoms with E-state index in [4.69, 9.17) is 4.98 Å². The standard InChI is InChI=1S/C22H27N5O/c1-4-11-27-20(24-18-6-5-10-23-21(18)27)17-9-12-26(14-17)22(28)25-19-13-15(2)7-8-16(19)3/h5-8,10,13,17H,4,9,11-12,14H2,1-3H3,(H,25,28)/t17-/m0/s1. The summed E-state index contributed by atoms with van der Waals surface area (Å²) in [7, 11) is 0. The number of pyridine rings is 1. The van der Waals surface area contributed by atoms with Crippen LogP contribution in [0.15, 0.2) is 36.5 Å². The number of amides is 2. The monoisotopic (exact) mass is 377 g/mol. The highest BCUT2D eigenvalue weighted by Gasteiger charge is 2.31. The number of anilines is 1. The van der Waals surface area contributed by atoms with Gasteiger partial charge in [0.15, 0.2) is 5.65 Å². The highest BCUT2D eigenvalue weighted by Crippen LogP contribution is 2.30. The first-order valence-corrected chi connectivity index (χ1v) is 10.0. The molecular formula is C22H27N5O. The zero-order chi connectivity index (χ0) is 19.7. The van der Waals surface area contributed by atoms with Gasteiger partial charge in [0, 0.05) is 37.4 Å². The number of carbonyl (C=O) groups is 1. The van der Waals surface area contributed by atoms with Gasteiger partial charge in [-0.1, -0.05) is 19.1 Å². The second-order valence-electron chi connectivity index (χ2n) is 7.65. The third-order valence-corrected chi connectivity index (χ3v) is 5.46. The van der Waals surface area contributed by atoms with Crippen molar-refractivity contribution < 1.29 is 4.79 Å². The van der Waals surface area contributed by atoms with E-state index in [1.807, 2.05) is 49.2 Å². The summed E-state index contributed by atoms with van der Waals surface area (Å²) in [5, 5.41) is 3.08. The molecule has 1 aromatic carbocycles. The molecule has 2 amide bonds. The lowest BCUT2D eigenvalue weighted by Crippen LogP contribution is -2.33. The van der Waals surface area contributed by atoms with Crippen LogP contribution >= 0.6 is 0 Å². The fraction of sp³-hybridized carbons (Fsp3) is 0.409. The van der Waals surface area contributed by atoms with Crippen LogP contribution in [0.5, 0.6) is 0 Å². The highest BCUT2D eigenvalue weighted by atomic mass is 16.2. The Morgan fingerprint density at radius 3 is 2.96 bits per heavy atom. The first-order chi connectivity index (χ1) is 13.6. The minimum Gasteiger partial charge on any atom is -0.324 e. The van der Waals surface area contributed by atoms with Crippen LogP contribution in [0.1, 0.15) is 42.6 Å². The lowest BCUT2D eigenvalue weighted by molar-refractivity contribution is 0.222. The number of nitrogens with one attached hydrogen (secondary N) is 1. The number of fused-ring (bicyclic) bond motifs is 1. The summed E-state index contributed by atoms with van der Waals surface area (Å²) in [6.45, 7) is 8.54. The maximum Gasteiger partial charge on any atom is 0.321 e. The molecule has 1 fully saturated rings. The van der Waals surface area contributed by atoms with Crippen LogP contribution in [0, 0.1) is 13.8 Å². The number of nitrogens with zero attached hydrogens (tertiary/aromatic N) is 4. The van der Waals surface area contributed by atoms with Gasteiger partial charge in [-0.3, -0.25) is 0 Å². The number of urea groups is 1. The lowest BCUT2D eigenvalue weighted by atomic mass is 10.1. The Kier molecular flexibility index (Phi) is 5.03. The number of likely N-dealkylation sites (tertiary alicyclic amines) is 1. The largest absolute Gasteiger partial charge is 0.324 e. The molecule has 1 N–H and O–H groups in total. The van der Waals surface area contributed by atoms with E-state index in [0.717, 1.165) is 59.7 Å². The van der Waals surface area contributed by atoms with Gasteiger partial charge in [-0.25, -0.2) is 14.8 Å². The zero-order valence-corrected chi connectivity index (χ0v) is 16.8. The van der Waals surface area contributed by atoms with E-state index in [1.54, 1.807) is 0 Å². The minimum absolute atomic E-state index is 0.0347. The van der Waals surface area contributed by atoms with Gasteiger partial charge in [0.1, 0.15) is 11.3 Å². The predicted octanol–water partition coefficient (Wildman–Crippen LogP) is 4.48. The Bertz CT molecular complexity index is 1010. The number of rotatable bonds is 4. The smallest absolute Gasteiger partial charge is 0.321 e. The van der Waals surface area contributed by atoms with Gasteiger partial charge in [0.25, 0.3) is 0 Å². The fourth-order valence-electron chi connectivity index (χ4n) is 3.95. The van der Waals surface area contributed by atoms with Crippen molar-refractivity contribution in [1.82, 2.24) is 19.4 Å². The van der Waals surface area contributed by atoms with Crippen molar-refractivity contribution >= 4 is 22.9 Å². The van der Waals surface area contributed by atoms with E-state index in [2.05, 4.69) is 27.9 Å². The molecule has 4 rings (SSSR count). The van der Waals surface area contributed by atoms with E-state index >= 15 is 0 Å². The molecule has 2 aromatic heterocycles. The topological polar surface area (TPSA) is 63.1 Å². The van der Waals surface area contributed by atoms with Crippen molar-refractivity contribution in [2.45, 2.75) is 46.1 Å². The van der Waals surface area contributed by atoms with Gasteiger partial charge in [-0.05, 0) is 56.0 Å². The number of aryl methyl sites for hydroxylation is 3. The number of benzene rings is 1. The first-order valence-electron chi connectivity index (χ1n) is 10.0. The molecule has 0 unspecified atom stereocenters. The molecule has 0 aliphatic carbocycles. The Labute approximate surface area is 165 Å². The fourth-order valence-corrected chi connectivity index (χ4v) is 3.95. The van der Waals surface area contributed by atoms with Gasteiger partial charge >= 0.3 is 6.03 Å². The molecular weight excluding hydrogens is 350 g/mol. The molecule has 0 bridgehead atoms. The average Bonchev–Trinajstić information content (AvgIpc) is 3.30. The van der Waals surface area contributed by atoms with Crippen molar-refractivity contribution in [3.8, 4) is 0 Å². The highest BCUT2D eigenvalue weighted by molar-refractivity contribution is 5.90. The molecule has 0 radical (unpaired) electrons. The molecule has 3 aromatic rings. The van der Waals surface area contributed by atoms with Gasteiger partial charge in [-0.15, -0.1) is 0 Å². The first kappa shape index (κ1) is 18.5. The van der Waals surface area contributed by atoms with Gasteiger partial charge < -0.3 is 14.8 Å². The Morgan fingerprint density at radius 1 is 1.29 bits per heavy atom. The summed E-state index contributed by atoms with van der Waals surface area (Å²) in [4.78, 5) is 24.1. The molecule has 1 aliphatic heterocycles. The van der Waals surface area contributed by atoms with Crippen LogP contribution in [0.3, 0.4) is 0 Å². The molecule has 28 heavy (non-hydrogen) atoms. The SMILES string of the molecule is CCCn1c([C@H]2CCN(C(=O)Nc3cc(C)ccc3C)C2)nc2cccnc21. The average molecular weight is 377 g/mol. The van der Waals surface area contributed by atoms with E-state index < -0.39 is 0 Å². The summed E-state index contributed by atoms with van der Waals surface area (Å²) in [6.07, 6.45) is 3.77. The van der Waals surface area contributed by atoms with Crippen LogP contribution < -0.4 is 5.32 Å². The Morgan fingerprint density at radius 2 is 2.14 bits per heavy atom. The molecule has 0 saturated carbocycles. The number of aromatic nitrogens is 3. The molecule has 1 atom stereocenters. The van der Waals surface area contributed by atoms with Crippen molar-refractivity contribution in [2.75, 3.05) is 18.4 Å². The summed E-state index contributed by atoms with van der Waals surface area (Å²) in [5.41, 5.74) is 4.98. The number of imidazole rings is 1. The van der Waals surface area contributed by atoms with E-state index in [9.17, 15) is 4.79 Å². The van der Waals surface area contributed by atoms with E-state index in [0.29, 0.717) is 6.54 Å². The summed E-state index contributed by atoms with van der Waals surface area (Å²) in [6, 6.07) is 10.0.